The standard InChI is InChI=1S/C30H34N6O3/c1-34-15-16-35(18-26(34)30(37)38)21-9-11-22(12-10-21)36-17-25(27-28(31)32-19-33-29(27)36)20-7-13-24(14-8-20)39-23-5-3-2-4-6-23/h2-8,13-14,17,19,21-22,26H,9-12,15-16,18H2,1H3,(H,37,38)(H2,31,32,33). The number of hydrogen-bond acceptors (Lipinski definition) is 7. The average Bonchev–Trinajstić information content (AvgIpc) is 3.35. The number of anilines is 1. The van der Waals surface area contributed by atoms with Crippen molar-refractivity contribution in [2.75, 3.05) is 32.4 Å². The van der Waals surface area contributed by atoms with Crippen LogP contribution >= 0.6 is 0 Å². The molecule has 2 aromatic heterocycles. The Bertz CT molecular complexity index is 1450. The van der Waals surface area contributed by atoms with Crippen molar-refractivity contribution < 1.29 is 14.6 Å². The van der Waals surface area contributed by atoms with Gasteiger partial charge in [-0.15, -0.1) is 0 Å². The van der Waals surface area contributed by atoms with E-state index in [4.69, 9.17) is 10.5 Å². The van der Waals surface area contributed by atoms with Gasteiger partial charge in [0.05, 0.1) is 5.39 Å². The van der Waals surface area contributed by atoms with Crippen LogP contribution in [0, 0.1) is 0 Å². The lowest BCUT2D eigenvalue weighted by molar-refractivity contribution is -0.145. The Hall–Kier alpha value is -3.95. The number of hydrogen-bond donors (Lipinski definition) is 2. The van der Waals surface area contributed by atoms with Crippen molar-refractivity contribution >= 4 is 22.8 Å². The fourth-order valence-electron chi connectivity index (χ4n) is 6.13. The highest BCUT2D eigenvalue weighted by Crippen LogP contribution is 2.39. The highest BCUT2D eigenvalue weighted by molar-refractivity contribution is 6.00. The second-order valence-electron chi connectivity index (χ2n) is 10.6. The largest absolute Gasteiger partial charge is 0.480 e. The fraction of sp³-hybridized carbons (Fsp3) is 0.367. The van der Waals surface area contributed by atoms with Crippen molar-refractivity contribution in [2.24, 2.45) is 0 Å². The van der Waals surface area contributed by atoms with E-state index in [1.54, 1.807) is 0 Å². The number of fused-ring (bicyclic) bond motifs is 1. The smallest absolute Gasteiger partial charge is 0.322 e. The minimum absolute atomic E-state index is 0.301. The summed E-state index contributed by atoms with van der Waals surface area (Å²) < 4.78 is 8.25. The number of ether oxygens (including phenoxy) is 1. The van der Waals surface area contributed by atoms with E-state index in [1.165, 1.54) is 6.33 Å². The number of piperazine rings is 1. The molecule has 202 valence electrons. The van der Waals surface area contributed by atoms with E-state index in [2.05, 4.69) is 25.6 Å². The molecule has 1 aliphatic heterocycles. The van der Waals surface area contributed by atoms with Crippen LogP contribution in [0.2, 0.25) is 0 Å². The van der Waals surface area contributed by atoms with E-state index in [0.717, 1.165) is 72.4 Å². The summed E-state index contributed by atoms with van der Waals surface area (Å²) in [5.41, 5.74) is 9.29. The summed E-state index contributed by atoms with van der Waals surface area (Å²) >= 11 is 0. The fourth-order valence-corrected chi connectivity index (χ4v) is 6.13. The number of carboxylic acid groups (broad SMARTS) is 1. The van der Waals surface area contributed by atoms with Crippen LogP contribution < -0.4 is 10.5 Å². The van der Waals surface area contributed by atoms with Gasteiger partial charge in [-0.2, -0.15) is 0 Å². The highest BCUT2D eigenvalue weighted by Gasteiger charge is 2.35. The number of benzene rings is 2. The Balaban J connectivity index is 1.21. The lowest BCUT2D eigenvalue weighted by Crippen LogP contribution is -2.57. The Kier molecular flexibility index (Phi) is 6.93. The van der Waals surface area contributed by atoms with Crippen molar-refractivity contribution in [2.45, 2.75) is 43.8 Å². The summed E-state index contributed by atoms with van der Waals surface area (Å²) in [5, 5.41) is 10.5. The third-order valence-electron chi connectivity index (χ3n) is 8.32. The quantitative estimate of drug-likeness (QED) is 0.373. The minimum Gasteiger partial charge on any atom is -0.480 e. The number of carboxylic acids is 1. The van der Waals surface area contributed by atoms with Crippen molar-refractivity contribution in [3.63, 3.8) is 0 Å². The van der Waals surface area contributed by atoms with Crippen LogP contribution in [-0.2, 0) is 4.79 Å². The molecule has 39 heavy (non-hydrogen) atoms. The van der Waals surface area contributed by atoms with Crippen LogP contribution in [0.5, 0.6) is 11.5 Å². The molecular formula is C30H34N6O3. The van der Waals surface area contributed by atoms with Crippen molar-refractivity contribution in [3.8, 4) is 22.6 Å². The second kappa shape index (κ2) is 10.7. The zero-order valence-electron chi connectivity index (χ0n) is 22.1. The molecule has 2 fully saturated rings. The maximum absolute atomic E-state index is 11.7. The Morgan fingerprint density at radius 1 is 0.949 bits per heavy atom. The molecule has 1 unspecified atom stereocenters. The number of nitrogen functional groups attached to an aromatic ring is 1. The number of aromatic nitrogens is 3. The molecule has 0 amide bonds. The van der Waals surface area contributed by atoms with Gasteiger partial charge in [0.15, 0.2) is 0 Å². The first-order valence-corrected chi connectivity index (χ1v) is 13.6. The molecule has 1 atom stereocenters. The zero-order valence-corrected chi connectivity index (χ0v) is 22.1. The van der Waals surface area contributed by atoms with Crippen LogP contribution in [0.15, 0.2) is 67.1 Å². The minimum atomic E-state index is -0.737. The highest BCUT2D eigenvalue weighted by atomic mass is 16.5. The predicted molar refractivity (Wildman–Crippen MR) is 151 cm³/mol. The first kappa shape index (κ1) is 25.3. The second-order valence-corrected chi connectivity index (χ2v) is 10.6. The van der Waals surface area contributed by atoms with Crippen LogP contribution in [0.4, 0.5) is 5.82 Å². The Morgan fingerprint density at radius 2 is 1.64 bits per heavy atom. The Morgan fingerprint density at radius 3 is 2.36 bits per heavy atom. The number of rotatable bonds is 6. The van der Waals surface area contributed by atoms with E-state index >= 15 is 0 Å². The number of para-hydroxylation sites is 1. The molecule has 2 aromatic carbocycles. The number of likely N-dealkylation sites (N-methyl/N-ethyl adjacent to an activating group) is 1. The number of aliphatic carboxylic acids is 1. The topological polar surface area (TPSA) is 110 Å². The van der Waals surface area contributed by atoms with Crippen molar-refractivity contribution in [3.05, 3.63) is 67.1 Å². The molecule has 1 aliphatic carbocycles. The van der Waals surface area contributed by atoms with Gasteiger partial charge >= 0.3 is 5.97 Å². The first-order chi connectivity index (χ1) is 19.0. The van der Waals surface area contributed by atoms with Crippen LogP contribution in [0.1, 0.15) is 31.7 Å². The van der Waals surface area contributed by atoms with E-state index < -0.39 is 12.0 Å². The molecule has 0 spiro atoms. The number of nitrogens with zero attached hydrogens (tertiary/aromatic N) is 5. The van der Waals surface area contributed by atoms with Crippen LogP contribution in [0.25, 0.3) is 22.2 Å². The van der Waals surface area contributed by atoms with Gasteiger partial charge in [-0.25, -0.2) is 9.97 Å². The number of carbonyl (C=O) groups is 1. The van der Waals surface area contributed by atoms with Gasteiger partial charge in [0, 0.05) is 43.5 Å². The first-order valence-electron chi connectivity index (χ1n) is 13.6. The van der Waals surface area contributed by atoms with E-state index in [-0.39, 0.29) is 0 Å². The van der Waals surface area contributed by atoms with Gasteiger partial charge in [0.25, 0.3) is 0 Å². The number of nitrogens with two attached hydrogens (primary N) is 1. The lowest BCUT2D eigenvalue weighted by Gasteiger charge is -2.43. The molecule has 9 heteroatoms. The average molecular weight is 527 g/mol. The van der Waals surface area contributed by atoms with Crippen LogP contribution in [0.3, 0.4) is 0 Å². The molecule has 9 nitrogen and oxygen atoms in total. The van der Waals surface area contributed by atoms with E-state index in [9.17, 15) is 9.90 Å². The van der Waals surface area contributed by atoms with Crippen molar-refractivity contribution in [1.29, 1.82) is 0 Å². The third-order valence-corrected chi connectivity index (χ3v) is 8.32. The summed E-state index contributed by atoms with van der Waals surface area (Å²) in [6.45, 7) is 2.29. The summed E-state index contributed by atoms with van der Waals surface area (Å²) in [6, 6.07) is 18.0. The summed E-state index contributed by atoms with van der Waals surface area (Å²) in [4.78, 5) is 25.0. The van der Waals surface area contributed by atoms with E-state index in [0.29, 0.717) is 24.4 Å². The van der Waals surface area contributed by atoms with Gasteiger partial charge in [-0.1, -0.05) is 30.3 Å². The maximum Gasteiger partial charge on any atom is 0.322 e. The summed E-state index contributed by atoms with van der Waals surface area (Å²) in [6.07, 6.45) is 7.78. The van der Waals surface area contributed by atoms with Gasteiger partial charge in [-0.3, -0.25) is 14.6 Å². The molecule has 4 aromatic rings. The molecule has 0 radical (unpaired) electrons. The predicted octanol–water partition coefficient (Wildman–Crippen LogP) is 4.66. The van der Waals surface area contributed by atoms with Crippen LogP contribution in [-0.4, -0.2) is 74.2 Å². The lowest BCUT2D eigenvalue weighted by atomic mass is 9.89. The van der Waals surface area contributed by atoms with E-state index in [1.807, 2.05) is 66.5 Å². The molecule has 1 saturated heterocycles. The molecule has 1 saturated carbocycles. The summed E-state index contributed by atoms with van der Waals surface area (Å²) in [5.74, 6) is 1.30. The monoisotopic (exact) mass is 526 g/mol. The molecular weight excluding hydrogens is 492 g/mol. The molecule has 3 N–H and O–H groups in total. The maximum atomic E-state index is 11.7. The zero-order chi connectivity index (χ0) is 26.9. The van der Waals surface area contributed by atoms with Gasteiger partial charge in [0.1, 0.15) is 35.3 Å². The van der Waals surface area contributed by atoms with Gasteiger partial charge in [-0.05, 0) is 62.6 Å². The molecule has 2 aliphatic rings. The van der Waals surface area contributed by atoms with Crippen molar-refractivity contribution in [1.82, 2.24) is 24.3 Å². The SMILES string of the molecule is CN1CCN(C2CCC(n3cc(-c4ccc(Oc5ccccc5)cc4)c4c(N)ncnc43)CC2)CC1C(=O)O. The molecule has 3 heterocycles. The third kappa shape index (κ3) is 5.07. The normalized spacial score (nSPS) is 22.6. The van der Waals surface area contributed by atoms with Gasteiger partial charge in [0.2, 0.25) is 0 Å². The molecule has 6 rings (SSSR count). The van der Waals surface area contributed by atoms with Gasteiger partial charge < -0.3 is 20.1 Å². The Labute approximate surface area is 227 Å². The molecule has 0 bridgehead atoms. The summed E-state index contributed by atoms with van der Waals surface area (Å²) in [7, 11) is 1.90.